The van der Waals surface area contributed by atoms with Gasteiger partial charge in [-0.15, -0.1) is 0 Å². The maximum absolute atomic E-state index is 11.6. The fraction of sp³-hybridized carbons (Fsp3) is 0.333. The first-order chi connectivity index (χ1) is 8.38. The molecule has 1 rings (SSSR count). The van der Waals surface area contributed by atoms with Crippen LogP contribution in [0.15, 0.2) is 18.2 Å². The number of aliphatic carboxylic acids is 1. The molecule has 0 aliphatic rings. The van der Waals surface area contributed by atoms with Crippen LogP contribution in [0.2, 0.25) is 5.02 Å². The third-order valence-electron chi connectivity index (χ3n) is 2.22. The third kappa shape index (κ3) is 4.73. The van der Waals surface area contributed by atoms with Crippen molar-refractivity contribution in [1.29, 1.82) is 0 Å². The van der Waals surface area contributed by atoms with Crippen LogP contribution >= 0.6 is 11.6 Å². The first kappa shape index (κ1) is 14.5. The van der Waals surface area contributed by atoms with Crippen molar-refractivity contribution in [3.63, 3.8) is 0 Å². The highest BCUT2D eigenvalue weighted by Gasteiger charge is 2.11. The minimum atomic E-state index is -0.973. The van der Waals surface area contributed by atoms with Gasteiger partial charge in [0.1, 0.15) is 0 Å². The molecule has 2 N–H and O–H groups in total. The van der Waals surface area contributed by atoms with Crippen LogP contribution in [0, 0.1) is 6.92 Å². The molecule has 0 bridgehead atoms. The molecule has 0 unspecified atom stereocenters. The molecule has 18 heavy (non-hydrogen) atoms. The van der Waals surface area contributed by atoms with Crippen LogP contribution in [0.4, 0.5) is 5.69 Å². The molecule has 1 aromatic rings. The van der Waals surface area contributed by atoms with Crippen molar-refractivity contribution in [2.24, 2.45) is 0 Å². The zero-order valence-corrected chi connectivity index (χ0v) is 11.0. The molecule has 98 valence electrons. The maximum atomic E-state index is 11.6. The fourth-order valence-corrected chi connectivity index (χ4v) is 1.73. The molecular formula is C12H15ClN2O3. The highest BCUT2D eigenvalue weighted by Crippen LogP contribution is 2.22. The fourth-order valence-electron chi connectivity index (χ4n) is 1.44. The van der Waals surface area contributed by atoms with Gasteiger partial charge in [0.2, 0.25) is 5.91 Å². The molecule has 0 fully saturated rings. The lowest BCUT2D eigenvalue weighted by Crippen LogP contribution is -2.33. The van der Waals surface area contributed by atoms with Gasteiger partial charge in [-0.25, -0.2) is 0 Å². The summed E-state index contributed by atoms with van der Waals surface area (Å²) >= 11 is 5.97. The summed E-state index contributed by atoms with van der Waals surface area (Å²) in [6, 6.07) is 5.30. The van der Waals surface area contributed by atoms with Crippen LogP contribution < -0.4 is 5.32 Å². The van der Waals surface area contributed by atoms with Crippen molar-refractivity contribution in [3.8, 4) is 0 Å². The number of carboxylic acid groups (broad SMARTS) is 1. The van der Waals surface area contributed by atoms with Crippen molar-refractivity contribution >= 4 is 29.2 Å². The molecule has 0 aliphatic heterocycles. The van der Waals surface area contributed by atoms with Crippen LogP contribution in [0.5, 0.6) is 0 Å². The number of hydrogen-bond acceptors (Lipinski definition) is 3. The quantitative estimate of drug-likeness (QED) is 0.853. The molecule has 5 nitrogen and oxygen atoms in total. The van der Waals surface area contributed by atoms with Crippen LogP contribution in [0.1, 0.15) is 5.56 Å². The number of nitrogens with one attached hydrogen (secondary N) is 1. The predicted octanol–water partition coefficient (Wildman–Crippen LogP) is 1.60. The van der Waals surface area contributed by atoms with E-state index in [4.69, 9.17) is 16.7 Å². The molecule has 6 heteroatoms. The molecule has 0 atom stereocenters. The van der Waals surface area contributed by atoms with Gasteiger partial charge in [-0.2, -0.15) is 0 Å². The number of aryl methyl sites for hydroxylation is 1. The summed E-state index contributed by atoms with van der Waals surface area (Å²) in [5.74, 6) is -1.27. The number of rotatable bonds is 5. The van der Waals surface area contributed by atoms with Gasteiger partial charge in [0.05, 0.1) is 23.8 Å². The van der Waals surface area contributed by atoms with E-state index in [0.29, 0.717) is 10.7 Å². The lowest BCUT2D eigenvalue weighted by Gasteiger charge is -2.14. The largest absolute Gasteiger partial charge is 0.480 e. The summed E-state index contributed by atoms with van der Waals surface area (Å²) in [5, 5.41) is 11.7. The minimum Gasteiger partial charge on any atom is -0.480 e. The van der Waals surface area contributed by atoms with Crippen molar-refractivity contribution in [2.45, 2.75) is 6.92 Å². The molecule has 0 aliphatic carbocycles. The van der Waals surface area contributed by atoms with Gasteiger partial charge in [-0.05, 0) is 31.7 Å². The number of carbonyl (C=O) groups excluding carboxylic acids is 1. The molecule has 0 aromatic heterocycles. The van der Waals surface area contributed by atoms with Crippen LogP contribution in [0.25, 0.3) is 0 Å². The number of benzene rings is 1. The lowest BCUT2D eigenvalue weighted by molar-refractivity contribution is -0.138. The number of amides is 1. The van der Waals surface area contributed by atoms with E-state index in [1.807, 2.05) is 13.0 Å². The summed E-state index contributed by atoms with van der Waals surface area (Å²) in [6.45, 7) is 1.71. The van der Waals surface area contributed by atoms with E-state index in [2.05, 4.69) is 5.32 Å². The highest BCUT2D eigenvalue weighted by molar-refractivity contribution is 6.33. The van der Waals surface area contributed by atoms with Crippen molar-refractivity contribution in [2.75, 3.05) is 25.5 Å². The van der Waals surface area contributed by atoms with E-state index < -0.39 is 5.97 Å². The Hall–Kier alpha value is -1.59. The standard InChI is InChI=1S/C12H15ClN2O3/c1-8-3-4-10(9(13)5-8)14-11(16)6-15(2)7-12(17)18/h3-5H,6-7H2,1-2H3,(H,14,16)(H,17,18). The van der Waals surface area contributed by atoms with Gasteiger partial charge >= 0.3 is 5.97 Å². The average Bonchev–Trinajstić information content (AvgIpc) is 2.20. The number of halogens is 1. The van der Waals surface area contributed by atoms with Gasteiger partial charge in [0, 0.05) is 0 Å². The monoisotopic (exact) mass is 270 g/mol. The molecule has 0 heterocycles. The predicted molar refractivity (Wildman–Crippen MR) is 70.0 cm³/mol. The topological polar surface area (TPSA) is 69.6 Å². The van der Waals surface area contributed by atoms with Crippen LogP contribution in [0.3, 0.4) is 0 Å². The molecule has 0 saturated heterocycles. The highest BCUT2D eigenvalue weighted by atomic mass is 35.5. The second-order valence-electron chi connectivity index (χ2n) is 4.10. The second-order valence-corrected chi connectivity index (χ2v) is 4.50. The number of carbonyl (C=O) groups is 2. The minimum absolute atomic E-state index is 0.00347. The summed E-state index contributed by atoms with van der Waals surface area (Å²) in [4.78, 5) is 23.5. The summed E-state index contributed by atoms with van der Waals surface area (Å²) in [6.07, 6.45) is 0. The summed E-state index contributed by atoms with van der Waals surface area (Å²) in [7, 11) is 1.56. The average molecular weight is 271 g/mol. The summed E-state index contributed by atoms with van der Waals surface area (Å²) < 4.78 is 0. The van der Waals surface area contributed by atoms with Gasteiger partial charge in [-0.3, -0.25) is 14.5 Å². The number of nitrogens with zero attached hydrogens (tertiary/aromatic N) is 1. The van der Waals surface area contributed by atoms with Crippen LogP contribution in [-0.4, -0.2) is 42.0 Å². The number of carboxylic acids is 1. The van der Waals surface area contributed by atoms with E-state index in [9.17, 15) is 9.59 Å². The summed E-state index contributed by atoms with van der Waals surface area (Å²) in [5.41, 5.74) is 1.52. The molecule has 0 spiro atoms. The Kier molecular flexibility index (Phi) is 5.12. The Bertz CT molecular complexity index is 463. The Morgan fingerprint density at radius 1 is 1.39 bits per heavy atom. The molecular weight excluding hydrogens is 256 g/mol. The Morgan fingerprint density at radius 3 is 2.61 bits per heavy atom. The van der Waals surface area contributed by atoms with Crippen LogP contribution in [-0.2, 0) is 9.59 Å². The molecule has 1 amide bonds. The number of hydrogen-bond donors (Lipinski definition) is 2. The Morgan fingerprint density at radius 2 is 2.06 bits per heavy atom. The Labute approximate surface area is 110 Å². The zero-order valence-electron chi connectivity index (χ0n) is 10.2. The maximum Gasteiger partial charge on any atom is 0.317 e. The van der Waals surface area contributed by atoms with E-state index >= 15 is 0 Å². The van der Waals surface area contributed by atoms with Gasteiger partial charge in [0.25, 0.3) is 0 Å². The Balaban J connectivity index is 2.56. The number of likely N-dealkylation sites (N-methyl/N-ethyl adjacent to an activating group) is 1. The van der Waals surface area contributed by atoms with E-state index in [1.54, 1.807) is 19.2 Å². The molecule has 0 saturated carbocycles. The van der Waals surface area contributed by atoms with Crippen molar-refractivity contribution in [3.05, 3.63) is 28.8 Å². The van der Waals surface area contributed by atoms with E-state index in [0.717, 1.165) is 5.56 Å². The zero-order chi connectivity index (χ0) is 13.7. The van der Waals surface area contributed by atoms with Crippen molar-refractivity contribution < 1.29 is 14.7 Å². The van der Waals surface area contributed by atoms with E-state index in [-0.39, 0.29) is 19.0 Å². The number of anilines is 1. The van der Waals surface area contributed by atoms with Crippen molar-refractivity contribution in [1.82, 2.24) is 4.90 Å². The smallest absolute Gasteiger partial charge is 0.317 e. The van der Waals surface area contributed by atoms with E-state index in [1.165, 1.54) is 4.90 Å². The second kappa shape index (κ2) is 6.37. The van der Waals surface area contributed by atoms with Gasteiger partial charge in [0.15, 0.2) is 0 Å². The van der Waals surface area contributed by atoms with Gasteiger partial charge < -0.3 is 10.4 Å². The van der Waals surface area contributed by atoms with Gasteiger partial charge in [-0.1, -0.05) is 17.7 Å². The SMILES string of the molecule is Cc1ccc(NC(=O)CN(C)CC(=O)O)c(Cl)c1. The molecule has 0 radical (unpaired) electrons. The normalized spacial score (nSPS) is 10.4. The lowest BCUT2D eigenvalue weighted by atomic mass is 10.2. The first-order valence-corrected chi connectivity index (χ1v) is 5.72. The third-order valence-corrected chi connectivity index (χ3v) is 2.53. The first-order valence-electron chi connectivity index (χ1n) is 5.35. The molecule has 1 aromatic carbocycles.